The molecule has 0 bridgehead atoms. The van der Waals surface area contributed by atoms with E-state index >= 15 is 0 Å². The average molecular weight is 334 g/mol. The Morgan fingerprint density at radius 3 is 2.41 bits per heavy atom. The van der Waals surface area contributed by atoms with Gasteiger partial charge in [-0.25, -0.2) is 0 Å². The van der Waals surface area contributed by atoms with E-state index in [4.69, 9.17) is 27.9 Å². The van der Waals surface area contributed by atoms with E-state index in [-0.39, 0.29) is 5.92 Å². The average Bonchev–Trinajstić information content (AvgIpc) is 2.54. The number of ether oxygens (including phenoxy) is 1. The Morgan fingerprint density at radius 2 is 1.86 bits per heavy atom. The molecule has 0 aliphatic heterocycles. The van der Waals surface area contributed by atoms with Crippen molar-refractivity contribution in [2.45, 2.75) is 25.7 Å². The number of methoxy groups -OCH3 is 1. The zero-order valence-corrected chi connectivity index (χ0v) is 14.1. The van der Waals surface area contributed by atoms with Gasteiger partial charge in [0.2, 0.25) is 0 Å². The van der Waals surface area contributed by atoms with Crippen LogP contribution in [0.3, 0.4) is 0 Å². The van der Waals surface area contributed by atoms with Crippen molar-refractivity contribution in [1.82, 2.24) is 0 Å². The number of halogens is 2. The van der Waals surface area contributed by atoms with Crippen molar-refractivity contribution in [2.75, 3.05) is 7.11 Å². The van der Waals surface area contributed by atoms with Crippen LogP contribution in [0, 0.1) is 11.3 Å². The van der Waals surface area contributed by atoms with Crippen molar-refractivity contribution in [3.05, 3.63) is 63.1 Å². The summed E-state index contributed by atoms with van der Waals surface area (Å²) in [6, 6.07) is 13.6. The van der Waals surface area contributed by atoms with Crippen LogP contribution in [0.5, 0.6) is 5.75 Å². The van der Waals surface area contributed by atoms with Crippen molar-refractivity contribution in [3.63, 3.8) is 0 Å². The van der Waals surface area contributed by atoms with Gasteiger partial charge in [-0.2, -0.15) is 5.26 Å². The van der Waals surface area contributed by atoms with Crippen molar-refractivity contribution < 1.29 is 4.74 Å². The van der Waals surface area contributed by atoms with Gasteiger partial charge in [-0.15, -0.1) is 0 Å². The highest BCUT2D eigenvalue weighted by Crippen LogP contribution is 2.32. The standard InChI is InChI=1S/C18H17Cl2NO/c1-3-12-9-13(7-8-18(12)22-2)14(11-21)10-15-16(19)5-4-6-17(15)20/h4-9,14H,3,10H2,1-2H3. The highest BCUT2D eigenvalue weighted by atomic mass is 35.5. The number of hydrogen-bond donors (Lipinski definition) is 0. The quantitative estimate of drug-likeness (QED) is 0.732. The summed E-state index contributed by atoms with van der Waals surface area (Å²) in [6.07, 6.45) is 1.34. The molecule has 0 fully saturated rings. The first-order valence-electron chi connectivity index (χ1n) is 7.10. The zero-order chi connectivity index (χ0) is 16.1. The maximum atomic E-state index is 9.55. The van der Waals surface area contributed by atoms with Gasteiger partial charge in [-0.1, -0.05) is 48.3 Å². The Hall–Kier alpha value is -1.69. The molecule has 22 heavy (non-hydrogen) atoms. The molecule has 114 valence electrons. The van der Waals surface area contributed by atoms with Crippen molar-refractivity contribution >= 4 is 23.2 Å². The zero-order valence-electron chi connectivity index (χ0n) is 12.6. The fourth-order valence-corrected chi connectivity index (χ4v) is 3.01. The number of benzene rings is 2. The van der Waals surface area contributed by atoms with E-state index in [1.54, 1.807) is 25.3 Å². The summed E-state index contributed by atoms with van der Waals surface area (Å²) in [5, 5.41) is 10.7. The Morgan fingerprint density at radius 1 is 1.18 bits per heavy atom. The predicted octanol–water partition coefficient (Wildman–Crippen LogP) is 5.41. The molecule has 2 nitrogen and oxygen atoms in total. The maximum absolute atomic E-state index is 9.55. The van der Waals surface area contributed by atoms with Gasteiger partial charge in [0, 0.05) is 10.0 Å². The largest absolute Gasteiger partial charge is 0.496 e. The van der Waals surface area contributed by atoms with E-state index in [1.165, 1.54) is 0 Å². The first-order chi connectivity index (χ1) is 10.6. The molecule has 0 N–H and O–H groups in total. The second kappa shape index (κ2) is 7.54. The van der Waals surface area contributed by atoms with Crippen LogP contribution in [0.15, 0.2) is 36.4 Å². The molecule has 0 heterocycles. The number of rotatable bonds is 5. The number of nitrogens with zero attached hydrogens (tertiary/aromatic N) is 1. The van der Waals surface area contributed by atoms with E-state index in [0.29, 0.717) is 16.5 Å². The topological polar surface area (TPSA) is 33.0 Å². The fraction of sp³-hybridized carbons (Fsp3) is 0.278. The van der Waals surface area contributed by atoms with Crippen LogP contribution < -0.4 is 4.74 Å². The minimum absolute atomic E-state index is 0.298. The van der Waals surface area contributed by atoms with E-state index < -0.39 is 0 Å². The monoisotopic (exact) mass is 333 g/mol. The number of nitriles is 1. The number of aryl methyl sites for hydroxylation is 1. The van der Waals surface area contributed by atoms with Crippen LogP contribution in [-0.2, 0) is 12.8 Å². The van der Waals surface area contributed by atoms with Crippen LogP contribution in [0.25, 0.3) is 0 Å². The SMILES string of the molecule is CCc1cc(C(C#N)Cc2c(Cl)cccc2Cl)ccc1OC. The summed E-state index contributed by atoms with van der Waals surface area (Å²) in [5.41, 5.74) is 2.85. The Kier molecular flexibility index (Phi) is 5.71. The van der Waals surface area contributed by atoms with Crippen LogP contribution in [0.4, 0.5) is 0 Å². The highest BCUT2D eigenvalue weighted by molar-refractivity contribution is 6.36. The fourth-order valence-electron chi connectivity index (χ4n) is 2.46. The van der Waals surface area contributed by atoms with Gasteiger partial charge >= 0.3 is 0 Å². The Labute approximate surface area is 141 Å². The second-order valence-electron chi connectivity index (χ2n) is 5.01. The van der Waals surface area contributed by atoms with Gasteiger partial charge in [-0.3, -0.25) is 0 Å². The molecule has 2 aromatic rings. The lowest BCUT2D eigenvalue weighted by Crippen LogP contribution is -2.03. The van der Waals surface area contributed by atoms with Crippen molar-refractivity contribution in [1.29, 1.82) is 5.26 Å². The molecule has 0 radical (unpaired) electrons. The molecule has 0 aliphatic carbocycles. The minimum Gasteiger partial charge on any atom is -0.496 e. The van der Waals surface area contributed by atoms with Gasteiger partial charge in [0.25, 0.3) is 0 Å². The van der Waals surface area contributed by atoms with Crippen molar-refractivity contribution in [3.8, 4) is 11.8 Å². The maximum Gasteiger partial charge on any atom is 0.122 e. The first kappa shape index (κ1) is 16.7. The van der Waals surface area contributed by atoms with Gasteiger partial charge in [0.05, 0.1) is 19.1 Å². The summed E-state index contributed by atoms with van der Waals surface area (Å²) in [5.74, 6) is 0.548. The second-order valence-corrected chi connectivity index (χ2v) is 5.83. The molecule has 1 atom stereocenters. The lowest BCUT2D eigenvalue weighted by molar-refractivity contribution is 0.410. The molecule has 0 aromatic heterocycles. The molecule has 0 saturated heterocycles. The summed E-state index contributed by atoms with van der Waals surface area (Å²) in [4.78, 5) is 0. The lowest BCUT2D eigenvalue weighted by atomic mass is 9.91. The minimum atomic E-state index is -0.298. The van der Waals surface area contributed by atoms with Crippen LogP contribution in [0.1, 0.15) is 29.5 Å². The normalized spacial score (nSPS) is 11.8. The van der Waals surface area contributed by atoms with Gasteiger partial charge in [0.1, 0.15) is 5.75 Å². The van der Waals surface area contributed by atoms with Gasteiger partial charge in [-0.05, 0) is 47.7 Å². The molecule has 0 spiro atoms. The predicted molar refractivity (Wildman–Crippen MR) is 90.9 cm³/mol. The van der Waals surface area contributed by atoms with Gasteiger partial charge < -0.3 is 4.74 Å². The van der Waals surface area contributed by atoms with E-state index in [1.807, 2.05) is 18.2 Å². The smallest absolute Gasteiger partial charge is 0.122 e. The molecule has 0 saturated carbocycles. The molecule has 4 heteroatoms. The molecule has 1 unspecified atom stereocenters. The molecular weight excluding hydrogens is 317 g/mol. The third kappa shape index (κ3) is 3.55. The number of hydrogen-bond acceptors (Lipinski definition) is 2. The molecular formula is C18H17Cl2NO. The summed E-state index contributed by atoms with van der Waals surface area (Å²) in [7, 11) is 1.65. The summed E-state index contributed by atoms with van der Waals surface area (Å²) in [6.45, 7) is 2.06. The summed E-state index contributed by atoms with van der Waals surface area (Å²) < 4.78 is 5.34. The lowest BCUT2D eigenvalue weighted by Gasteiger charge is -2.15. The van der Waals surface area contributed by atoms with Crippen LogP contribution in [-0.4, -0.2) is 7.11 Å². The molecule has 2 rings (SSSR count). The molecule has 0 amide bonds. The van der Waals surface area contributed by atoms with E-state index in [0.717, 1.165) is 28.9 Å². The summed E-state index contributed by atoms with van der Waals surface area (Å²) >= 11 is 12.4. The van der Waals surface area contributed by atoms with Gasteiger partial charge in [0.15, 0.2) is 0 Å². The Balaban J connectivity index is 2.35. The molecule has 2 aromatic carbocycles. The molecule has 0 aliphatic rings. The van der Waals surface area contributed by atoms with Crippen LogP contribution >= 0.6 is 23.2 Å². The third-order valence-electron chi connectivity index (χ3n) is 3.71. The van der Waals surface area contributed by atoms with Crippen LogP contribution in [0.2, 0.25) is 10.0 Å². The third-order valence-corrected chi connectivity index (χ3v) is 4.42. The Bertz CT molecular complexity index is 686. The highest BCUT2D eigenvalue weighted by Gasteiger charge is 2.17. The van der Waals surface area contributed by atoms with E-state index in [2.05, 4.69) is 13.0 Å². The first-order valence-corrected chi connectivity index (χ1v) is 7.85. The van der Waals surface area contributed by atoms with E-state index in [9.17, 15) is 5.26 Å². The van der Waals surface area contributed by atoms with Crippen molar-refractivity contribution in [2.24, 2.45) is 0 Å².